The molecular formula is C11H13ClFN3OS. The lowest BCUT2D eigenvalue weighted by Crippen LogP contribution is -2.38. The van der Waals surface area contributed by atoms with Crippen molar-refractivity contribution in [3.05, 3.63) is 24.0 Å². The van der Waals surface area contributed by atoms with Crippen molar-refractivity contribution in [2.24, 2.45) is 5.73 Å². The molecule has 98 valence electrons. The minimum atomic E-state index is -0.242. The van der Waals surface area contributed by atoms with E-state index in [0.717, 1.165) is 15.3 Å². The third-order valence-corrected chi connectivity index (χ3v) is 3.73. The summed E-state index contributed by atoms with van der Waals surface area (Å²) in [4.78, 5) is 4.38. The number of benzene rings is 1. The standard InChI is InChI=1S/C11H12FN3OS.ClH/c12-6-1-2-8-10(3-6)17-11(14-8)15-9-5-16-4-7(9)13;/h1-3,7,9H,4-5,13H2,(H,14,15);1H/t7-,9-;/m1./s1. The third kappa shape index (κ3) is 2.56. The summed E-state index contributed by atoms with van der Waals surface area (Å²) >= 11 is 1.43. The van der Waals surface area contributed by atoms with E-state index in [4.69, 9.17) is 10.5 Å². The highest BCUT2D eigenvalue weighted by Crippen LogP contribution is 2.27. The molecule has 1 aromatic heterocycles. The zero-order valence-corrected chi connectivity index (χ0v) is 11.1. The highest BCUT2D eigenvalue weighted by Gasteiger charge is 2.25. The molecule has 3 N–H and O–H groups in total. The molecule has 0 amide bonds. The molecule has 4 nitrogen and oxygen atoms in total. The van der Waals surface area contributed by atoms with Crippen LogP contribution in [0.5, 0.6) is 0 Å². The Bertz CT molecular complexity index is 550. The summed E-state index contributed by atoms with van der Waals surface area (Å²) in [7, 11) is 0. The van der Waals surface area contributed by atoms with Crippen LogP contribution in [-0.4, -0.2) is 30.3 Å². The Balaban J connectivity index is 0.00000120. The molecule has 2 heterocycles. The third-order valence-electron chi connectivity index (χ3n) is 2.78. The van der Waals surface area contributed by atoms with E-state index in [2.05, 4.69) is 10.3 Å². The summed E-state index contributed by atoms with van der Waals surface area (Å²) < 4.78 is 19.1. The van der Waals surface area contributed by atoms with E-state index >= 15 is 0 Å². The first-order chi connectivity index (χ1) is 8.22. The summed E-state index contributed by atoms with van der Waals surface area (Å²) in [5.74, 6) is -0.242. The van der Waals surface area contributed by atoms with Gasteiger partial charge in [0.2, 0.25) is 0 Å². The van der Waals surface area contributed by atoms with Crippen LogP contribution in [0.15, 0.2) is 18.2 Å². The van der Waals surface area contributed by atoms with E-state index in [1.807, 2.05) is 0 Å². The van der Waals surface area contributed by atoms with Crippen LogP contribution in [-0.2, 0) is 4.74 Å². The Kier molecular flexibility index (Phi) is 4.01. The van der Waals surface area contributed by atoms with E-state index in [-0.39, 0.29) is 30.3 Å². The first-order valence-corrected chi connectivity index (χ1v) is 6.20. The number of hydrogen-bond acceptors (Lipinski definition) is 5. The largest absolute Gasteiger partial charge is 0.378 e. The number of nitrogens with zero attached hydrogens (tertiary/aromatic N) is 1. The van der Waals surface area contributed by atoms with Gasteiger partial charge in [-0.25, -0.2) is 9.37 Å². The average Bonchev–Trinajstić information content (AvgIpc) is 2.85. The maximum Gasteiger partial charge on any atom is 0.184 e. The van der Waals surface area contributed by atoms with Gasteiger partial charge in [-0.3, -0.25) is 0 Å². The number of rotatable bonds is 2. The van der Waals surface area contributed by atoms with Crippen LogP contribution in [0.2, 0.25) is 0 Å². The highest BCUT2D eigenvalue weighted by atomic mass is 35.5. The zero-order valence-electron chi connectivity index (χ0n) is 9.43. The molecular weight excluding hydrogens is 277 g/mol. The second kappa shape index (κ2) is 5.36. The Labute approximate surface area is 114 Å². The molecule has 2 aromatic rings. The molecule has 0 radical (unpaired) electrons. The molecule has 7 heteroatoms. The van der Waals surface area contributed by atoms with Crippen LogP contribution in [0.3, 0.4) is 0 Å². The Morgan fingerprint density at radius 3 is 3.00 bits per heavy atom. The van der Waals surface area contributed by atoms with E-state index in [1.165, 1.54) is 23.5 Å². The number of ether oxygens (including phenoxy) is 1. The molecule has 3 rings (SSSR count). The number of hydrogen-bond donors (Lipinski definition) is 2. The predicted octanol–water partition coefficient (Wildman–Crippen LogP) is 2.00. The van der Waals surface area contributed by atoms with E-state index < -0.39 is 0 Å². The summed E-state index contributed by atoms with van der Waals surface area (Å²) in [5.41, 5.74) is 6.67. The normalized spacial score (nSPS) is 23.0. The molecule has 18 heavy (non-hydrogen) atoms. The van der Waals surface area contributed by atoms with Crippen molar-refractivity contribution in [2.45, 2.75) is 12.1 Å². The lowest BCUT2D eigenvalue weighted by molar-refractivity contribution is 0.192. The first-order valence-electron chi connectivity index (χ1n) is 5.38. The van der Waals surface area contributed by atoms with Crippen molar-refractivity contribution < 1.29 is 9.13 Å². The molecule has 2 atom stereocenters. The first kappa shape index (κ1) is 13.5. The van der Waals surface area contributed by atoms with Crippen molar-refractivity contribution >= 4 is 39.1 Å². The van der Waals surface area contributed by atoms with Crippen molar-refractivity contribution in [3.63, 3.8) is 0 Å². The summed E-state index contributed by atoms with van der Waals surface area (Å²) in [6.07, 6.45) is 0. The molecule has 0 unspecified atom stereocenters. The average molecular weight is 290 g/mol. The maximum absolute atomic E-state index is 13.0. The van der Waals surface area contributed by atoms with Crippen LogP contribution >= 0.6 is 23.7 Å². The quantitative estimate of drug-likeness (QED) is 0.888. The van der Waals surface area contributed by atoms with Crippen molar-refractivity contribution in [2.75, 3.05) is 18.5 Å². The smallest absolute Gasteiger partial charge is 0.184 e. The number of nitrogens with two attached hydrogens (primary N) is 1. The monoisotopic (exact) mass is 289 g/mol. The second-order valence-electron chi connectivity index (χ2n) is 4.08. The molecule has 1 aliphatic rings. The van der Waals surface area contributed by atoms with E-state index in [9.17, 15) is 4.39 Å². The molecule has 1 aromatic carbocycles. The van der Waals surface area contributed by atoms with Gasteiger partial charge in [0.1, 0.15) is 5.82 Å². The van der Waals surface area contributed by atoms with Crippen LogP contribution < -0.4 is 11.1 Å². The van der Waals surface area contributed by atoms with E-state index in [0.29, 0.717) is 13.2 Å². The fourth-order valence-corrected chi connectivity index (χ4v) is 2.79. The number of halogens is 2. The van der Waals surface area contributed by atoms with Gasteiger partial charge in [0.15, 0.2) is 5.13 Å². The fraction of sp³-hybridized carbons (Fsp3) is 0.364. The minimum absolute atomic E-state index is 0. The van der Waals surface area contributed by atoms with Crippen LogP contribution in [0, 0.1) is 5.82 Å². The number of thiazole rings is 1. The molecule has 0 bridgehead atoms. The number of aromatic nitrogens is 1. The van der Waals surface area contributed by atoms with Crippen LogP contribution in [0.4, 0.5) is 9.52 Å². The number of anilines is 1. The van der Waals surface area contributed by atoms with Crippen molar-refractivity contribution in [3.8, 4) is 0 Å². The highest BCUT2D eigenvalue weighted by molar-refractivity contribution is 7.22. The topological polar surface area (TPSA) is 60.2 Å². The van der Waals surface area contributed by atoms with Crippen molar-refractivity contribution in [1.29, 1.82) is 0 Å². The summed E-state index contributed by atoms with van der Waals surface area (Å²) in [6, 6.07) is 4.65. The molecule has 1 saturated heterocycles. The molecule has 1 fully saturated rings. The Morgan fingerprint density at radius 2 is 2.28 bits per heavy atom. The molecule has 1 aliphatic heterocycles. The van der Waals surface area contributed by atoms with Crippen molar-refractivity contribution in [1.82, 2.24) is 4.98 Å². The number of fused-ring (bicyclic) bond motifs is 1. The Morgan fingerprint density at radius 1 is 1.44 bits per heavy atom. The van der Waals surface area contributed by atoms with Gasteiger partial charge in [-0.15, -0.1) is 12.4 Å². The predicted molar refractivity (Wildman–Crippen MR) is 73.0 cm³/mol. The summed E-state index contributed by atoms with van der Waals surface area (Å²) in [6.45, 7) is 1.16. The lowest BCUT2D eigenvalue weighted by atomic mass is 10.2. The van der Waals surface area contributed by atoms with Gasteiger partial charge in [0.25, 0.3) is 0 Å². The van der Waals surface area contributed by atoms with Gasteiger partial charge < -0.3 is 15.8 Å². The van der Waals surface area contributed by atoms with Gasteiger partial charge in [0.05, 0.1) is 35.5 Å². The second-order valence-corrected chi connectivity index (χ2v) is 5.11. The van der Waals surface area contributed by atoms with Crippen LogP contribution in [0.25, 0.3) is 10.2 Å². The van der Waals surface area contributed by atoms with E-state index in [1.54, 1.807) is 6.07 Å². The molecule has 0 saturated carbocycles. The van der Waals surface area contributed by atoms with Crippen LogP contribution in [0.1, 0.15) is 0 Å². The van der Waals surface area contributed by atoms with Gasteiger partial charge in [-0.2, -0.15) is 0 Å². The molecule has 0 aliphatic carbocycles. The summed E-state index contributed by atoms with van der Waals surface area (Å²) in [5, 5.41) is 4.00. The van der Waals surface area contributed by atoms with Gasteiger partial charge in [-0.05, 0) is 18.2 Å². The van der Waals surface area contributed by atoms with Gasteiger partial charge in [-0.1, -0.05) is 11.3 Å². The minimum Gasteiger partial charge on any atom is -0.378 e. The molecule has 0 spiro atoms. The fourth-order valence-electron chi connectivity index (χ4n) is 1.84. The SMILES string of the molecule is Cl.N[C@@H]1COC[C@H]1Nc1nc2ccc(F)cc2s1. The number of nitrogens with one attached hydrogen (secondary N) is 1. The maximum atomic E-state index is 13.0. The zero-order chi connectivity index (χ0) is 11.8. The lowest BCUT2D eigenvalue weighted by Gasteiger charge is -2.13. The van der Waals surface area contributed by atoms with Gasteiger partial charge >= 0.3 is 0 Å². The Hall–Kier alpha value is -0.950. The van der Waals surface area contributed by atoms with Gasteiger partial charge in [0, 0.05) is 0 Å².